The molecule has 0 radical (unpaired) electrons. The minimum absolute atomic E-state index is 0.613. The van der Waals surface area contributed by atoms with Crippen molar-refractivity contribution in [3.8, 4) is 11.6 Å². The number of ether oxygens (including phenoxy) is 1. The number of nitrogens with zero attached hydrogens (tertiary/aromatic N) is 1. The Balaban J connectivity index is 2.26. The van der Waals surface area contributed by atoms with Gasteiger partial charge in [-0.25, -0.2) is 4.98 Å². The van der Waals surface area contributed by atoms with E-state index >= 15 is 0 Å². The molecular formula is C12H10BrNO. The molecular weight excluding hydrogens is 254 g/mol. The van der Waals surface area contributed by atoms with Crippen LogP contribution >= 0.6 is 15.9 Å². The first-order chi connectivity index (χ1) is 7.25. The first-order valence-corrected chi connectivity index (χ1v) is 5.41. The van der Waals surface area contributed by atoms with Gasteiger partial charge in [0.1, 0.15) is 5.75 Å². The number of aromatic nitrogens is 1. The molecule has 0 unspecified atom stereocenters. The Hall–Kier alpha value is -1.35. The van der Waals surface area contributed by atoms with Crippen LogP contribution in [-0.2, 0) is 0 Å². The first kappa shape index (κ1) is 10.2. The number of hydrogen-bond acceptors (Lipinski definition) is 2. The van der Waals surface area contributed by atoms with E-state index in [2.05, 4.69) is 20.9 Å². The van der Waals surface area contributed by atoms with Crippen LogP contribution in [0.25, 0.3) is 0 Å². The second-order valence-electron chi connectivity index (χ2n) is 3.15. The predicted molar refractivity (Wildman–Crippen MR) is 63.2 cm³/mol. The molecule has 2 nitrogen and oxygen atoms in total. The van der Waals surface area contributed by atoms with E-state index < -0.39 is 0 Å². The van der Waals surface area contributed by atoms with Crippen LogP contribution in [0.2, 0.25) is 0 Å². The van der Waals surface area contributed by atoms with E-state index in [9.17, 15) is 0 Å². The smallest absolute Gasteiger partial charge is 0.219 e. The molecule has 15 heavy (non-hydrogen) atoms. The molecule has 3 heteroatoms. The van der Waals surface area contributed by atoms with Crippen molar-refractivity contribution >= 4 is 15.9 Å². The highest BCUT2D eigenvalue weighted by molar-refractivity contribution is 9.10. The van der Waals surface area contributed by atoms with Crippen LogP contribution < -0.4 is 4.74 Å². The maximum atomic E-state index is 5.63. The van der Waals surface area contributed by atoms with Gasteiger partial charge in [0, 0.05) is 11.8 Å². The van der Waals surface area contributed by atoms with Crippen molar-refractivity contribution in [1.29, 1.82) is 0 Å². The van der Waals surface area contributed by atoms with Crippen LogP contribution in [-0.4, -0.2) is 4.98 Å². The summed E-state index contributed by atoms with van der Waals surface area (Å²) < 4.78 is 6.56. The summed E-state index contributed by atoms with van der Waals surface area (Å²) >= 11 is 3.42. The lowest BCUT2D eigenvalue weighted by atomic mass is 10.3. The Morgan fingerprint density at radius 1 is 1.07 bits per heavy atom. The van der Waals surface area contributed by atoms with Gasteiger partial charge < -0.3 is 4.74 Å². The number of pyridine rings is 1. The Morgan fingerprint density at radius 2 is 1.87 bits per heavy atom. The summed E-state index contributed by atoms with van der Waals surface area (Å²) in [4.78, 5) is 4.27. The zero-order valence-electron chi connectivity index (χ0n) is 8.27. The standard InChI is InChI=1S/C12H10BrNO/c1-9-5-4-8-12(14-9)15-11-7-3-2-6-10(11)13/h2-8H,1H3. The van der Waals surface area contributed by atoms with Crippen LogP contribution in [0.4, 0.5) is 0 Å². The van der Waals surface area contributed by atoms with E-state index in [1.807, 2.05) is 49.4 Å². The number of rotatable bonds is 2. The molecule has 0 bridgehead atoms. The molecule has 1 heterocycles. The third kappa shape index (κ3) is 2.57. The van der Waals surface area contributed by atoms with E-state index in [4.69, 9.17) is 4.74 Å². The van der Waals surface area contributed by atoms with Gasteiger partial charge in [-0.1, -0.05) is 18.2 Å². The second-order valence-corrected chi connectivity index (χ2v) is 4.00. The van der Waals surface area contributed by atoms with E-state index in [1.165, 1.54) is 0 Å². The van der Waals surface area contributed by atoms with Crippen LogP contribution in [0.1, 0.15) is 5.69 Å². The minimum atomic E-state index is 0.613. The molecule has 2 rings (SSSR count). The van der Waals surface area contributed by atoms with E-state index in [1.54, 1.807) is 0 Å². The SMILES string of the molecule is Cc1cccc(Oc2ccccc2Br)n1. The van der Waals surface area contributed by atoms with E-state index in [-0.39, 0.29) is 0 Å². The van der Waals surface area contributed by atoms with Crippen LogP contribution in [0.5, 0.6) is 11.6 Å². The van der Waals surface area contributed by atoms with Crippen molar-refractivity contribution in [3.63, 3.8) is 0 Å². The highest BCUT2D eigenvalue weighted by Gasteiger charge is 2.01. The molecule has 0 aliphatic carbocycles. The first-order valence-electron chi connectivity index (χ1n) is 4.62. The van der Waals surface area contributed by atoms with Gasteiger partial charge in [0.05, 0.1) is 4.47 Å². The quantitative estimate of drug-likeness (QED) is 0.819. The Kier molecular flexibility index (Phi) is 3.02. The molecule has 1 aromatic heterocycles. The van der Waals surface area contributed by atoms with Gasteiger partial charge in [-0.2, -0.15) is 0 Å². The molecule has 0 N–H and O–H groups in total. The molecule has 0 saturated carbocycles. The molecule has 0 spiro atoms. The van der Waals surface area contributed by atoms with Gasteiger partial charge in [0.15, 0.2) is 0 Å². The number of halogens is 1. The molecule has 1 aromatic carbocycles. The van der Waals surface area contributed by atoms with Crippen molar-refractivity contribution in [2.24, 2.45) is 0 Å². The van der Waals surface area contributed by atoms with Crippen LogP contribution in [0.3, 0.4) is 0 Å². The molecule has 2 aromatic rings. The highest BCUT2D eigenvalue weighted by Crippen LogP contribution is 2.27. The Bertz CT molecular complexity index is 471. The number of hydrogen-bond donors (Lipinski definition) is 0. The molecule has 0 aliphatic heterocycles. The average molecular weight is 264 g/mol. The minimum Gasteiger partial charge on any atom is -0.438 e. The van der Waals surface area contributed by atoms with Crippen molar-refractivity contribution in [2.75, 3.05) is 0 Å². The highest BCUT2D eigenvalue weighted by atomic mass is 79.9. The summed E-state index contributed by atoms with van der Waals surface area (Å²) in [6.45, 7) is 1.94. The van der Waals surface area contributed by atoms with Gasteiger partial charge in [0.2, 0.25) is 5.88 Å². The van der Waals surface area contributed by atoms with Crippen LogP contribution in [0, 0.1) is 6.92 Å². The zero-order chi connectivity index (χ0) is 10.7. The lowest BCUT2D eigenvalue weighted by Crippen LogP contribution is -1.89. The van der Waals surface area contributed by atoms with Gasteiger partial charge in [-0.3, -0.25) is 0 Å². The molecule has 0 fully saturated rings. The number of aryl methyl sites for hydroxylation is 1. The Morgan fingerprint density at radius 3 is 2.60 bits per heavy atom. The predicted octanol–water partition coefficient (Wildman–Crippen LogP) is 3.94. The van der Waals surface area contributed by atoms with Crippen molar-refractivity contribution in [2.45, 2.75) is 6.92 Å². The fraction of sp³-hybridized carbons (Fsp3) is 0.0833. The Labute approximate surface area is 97.1 Å². The number of benzene rings is 1. The third-order valence-electron chi connectivity index (χ3n) is 1.91. The van der Waals surface area contributed by atoms with Gasteiger partial charge >= 0.3 is 0 Å². The lowest BCUT2D eigenvalue weighted by molar-refractivity contribution is 0.459. The normalized spacial score (nSPS) is 10.0. The average Bonchev–Trinajstić information content (AvgIpc) is 2.22. The topological polar surface area (TPSA) is 22.1 Å². The maximum absolute atomic E-state index is 5.63. The molecule has 0 atom stereocenters. The fourth-order valence-electron chi connectivity index (χ4n) is 1.22. The van der Waals surface area contributed by atoms with Gasteiger partial charge in [-0.05, 0) is 41.1 Å². The summed E-state index contributed by atoms with van der Waals surface area (Å²) in [5, 5.41) is 0. The van der Waals surface area contributed by atoms with Gasteiger partial charge in [0.25, 0.3) is 0 Å². The van der Waals surface area contributed by atoms with E-state index in [0.717, 1.165) is 15.9 Å². The second kappa shape index (κ2) is 4.45. The number of para-hydroxylation sites is 1. The maximum Gasteiger partial charge on any atom is 0.219 e. The lowest BCUT2D eigenvalue weighted by Gasteiger charge is -2.06. The molecule has 0 aliphatic rings. The zero-order valence-corrected chi connectivity index (χ0v) is 9.86. The summed E-state index contributed by atoms with van der Waals surface area (Å²) in [5.74, 6) is 1.39. The van der Waals surface area contributed by atoms with Crippen molar-refractivity contribution in [1.82, 2.24) is 4.98 Å². The fourth-order valence-corrected chi connectivity index (χ4v) is 1.58. The van der Waals surface area contributed by atoms with E-state index in [0.29, 0.717) is 5.88 Å². The largest absolute Gasteiger partial charge is 0.438 e. The monoisotopic (exact) mass is 263 g/mol. The van der Waals surface area contributed by atoms with Crippen molar-refractivity contribution < 1.29 is 4.74 Å². The summed E-state index contributed by atoms with van der Waals surface area (Å²) in [6.07, 6.45) is 0. The van der Waals surface area contributed by atoms with Gasteiger partial charge in [-0.15, -0.1) is 0 Å². The summed E-state index contributed by atoms with van der Waals surface area (Å²) in [5.41, 5.74) is 0.944. The molecule has 76 valence electrons. The molecule has 0 saturated heterocycles. The third-order valence-corrected chi connectivity index (χ3v) is 2.57. The van der Waals surface area contributed by atoms with Crippen molar-refractivity contribution in [3.05, 3.63) is 52.6 Å². The summed E-state index contributed by atoms with van der Waals surface area (Å²) in [6, 6.07) is 13.4. The summed E-state index contributed by atoms with van der Waals surface area (Å²) in [7, 11) is 0. The molecule has 0 amide bonds. The van der Waals surface area contributed by atoms with Crippen LogP contribution in [0.15, 0.2) is 46.9 Å².